The van der Waals surface area contributed by atoms with Gasteiger partial charge in [-0.25, -0.2) is 13.8 Å². The summed E-state index contributed by atoms with van der Waals surface area (Å²) in [5.74, 6) is -2.27. The van der Waals surface area contributed by atoms with Gasteiger partial charge in [-0.05, 0) is 134 Å². The highest BCUT2D eigenvalue weighted by molar-refractivity contribution is 9.10. The third-order valence-electron chi connectivity index (χ3n) is 12.3. The molecule has 9 rings (SSSR count). The van der Waals surface area contributed by atoms with Crippen LogP contribution in [0.4, 0.5) is 13.9 Å². The number of piperidine rings is 3. The molecule has 9 nitrogen and oxygen atoms in total. The van der Waals surface area contributed by atoms with Gasteiger partial charge in [0.2, 0.25) is 11.8 Å². The average molecular weight is 828 g/mol. The van der Waals surface area contributed by atoms with Crippen molar-refractivity contribution >= 4 is 55.1 Å². The molecule has 0 bridgehead atoms. The molecular weight excluding hydrogens is 786 g/mol. The zero-order valence-corrected chi connectivity index (χ0v) is 33.1. The molecule has 3 saturated heterocycles. The van der Waals surface area contributed by atoms with Gasteiger partial charge in [0, 0.05) is 47.2 Å². The number of thiazole rings is 1. The number of nitrogens with one attached hydrogen (secondary N) is 1. The third kappa shape index (κ3) is 6.41. The molecule has 3 fully saturated rings. The summed E-state index contributed by atoms with van der Waals surface area (Å²) in [5, 5.41) is 3.78. The Hall–Kier alpha value is -4.33. The zero-order valence-electron chi connectivity index (χ0n) is 30.7. The Morgan fingerprint density at radius 1 is 0.909 bits per heavy atom. The standard InChI is InChI=1S/C42H41BrF2N6O3S/c1-42(2)29-8-6-25(20-34(29)51-33-5-3-4-30(43)37(33)39(54)48-40(42)51)23-10-14-49(15-11-23)22-27-21-46-41(55-27)50-16-12-24(13-17-50)26-18-31(44)36(32(45)19-26)28-7-9-35(52)47-38(28)53/h3-6,8,18-21,23-24,28H,7,9-17,22H2,1-2H3,(H,47,52,53). The van der Waals surface area contributed by atoms with Crippen molar-refractivity contribution in [1.29, 1.82) is 0 Å². The van der Waals surface area contributed by atoms with Crippen molar-refractivity contribution in [2.45, 2.75) is 82.1 Å². The zero-order chi connectivity index (χ0) is 38.2. The average Bonchev–Trinajstić information content (AvgIpc) is 3.72. The quantitative estimate of drug-likeness (QED) is 0.175. The molecule has 0 radical (unpaired) electrons. The second-order valence-electron chi connectivity index (χ2n) is 15.9. The molecular formula is C42H41BrF2N6O3S. The summed E-state index contributed by atoms with van der Waals surface area (Å²) in [5.41, 5.74) is 4.26. The van der Waals surface area contributed by atoms with Gasteiger partial charge in [-0.3, -0.25) is 29.2 Å². The predicted octanol–water partition coefficient (Wildman–Crippen LogP) is 7.81. The number of aromatic nitrogens is 3. The summed E-state index contributed by atoms with van der Waals surface area (Å²) in [6, 6.07) is 15.4. The molecule has 6 heterocycles. The SMILES string of the molecule is CC1(C)c2ccc(C3CCN(Cc4cnc(N5CCC(c6cc(F)c(C7CCC(=O)NC7=O)c(F)c6)CC5)s4)CC3)cc2-n2c1nc(=O)c1c(Br)cccc12. The molecule has 4 aliphatic heterocycles. The van der Waals surface area contributed by atoms with Gasteiger partial charge in [0.1, 0.15) is 17.5 Å². The number of carbonyl (C=O) groups is 2. The molecule has 2 aromatic heterocycles. The molecule has 0 aliphatic carbocycles. The second kappa shape index (κ2) is 14.0. The van der Waals surface area contributed by atoms with Gasteiger partial charge in [-0.15, -0.1) is 11.3 Å². The lowest BCUT2D eigenvalue weighted by Crippen LogP contribution is -2.40. The second-order valence-corrected chi connectivity index (χ2v) is 17.9. The van der Waals surface area contributed by atoms with Gasteiger partial charge >= 0.3 is 0 Å². The lowest BCUT2D eigenvalue weighted by molar-refractivity contribution is -0.134. The lowest BCUT2D eigenvalue weighted by Gasteiger charge is -2.33. The van der Waals surface area contributed by atoms with E-state index in [1.807, 2.05) is 24.4 Å². The number of benzene rings is 3. The van der Waals surface area contributed by atoms with Crippen LogP contribution >= 0.6 is 27.3 Å². The predicted molar refractivity (Wildman–Crippen MR) is 212 cm³/mol. The summed E-state index contributed by atoms with van der Waals surface area (Å²) in [7, 11) is 0. The highest BCUT2D eigenvalue weighted by Crippen LogP contribution is 2.45. The first-order valence-corrected chi connectivity index (χ1v) is 20.7. The fraction of sp³-hybridized carbons (Fsp3) is 0.405. The van der Waals surface area contributed by atoms with Crippen LogP contribution in [0.2, 0.25) is 0 Å². The van der Waals surface area contributed by atoms with Gasteiger partial charge in [0.05, 0.1) is 27.9 Å². The molecule has 284 valence electrons. The van der Waals surface area contributed by atoms with Gasteiger partial charge < -0.3 is 4.90 Å². The summed E-state index contributed by atoms with van der Waals surface area (Å²) in [4.78, 5) is 52.3. The Balaban J connectivity index is 0.820. The minimum Gasteiger partial charge on any atom is -0.348 e. The van der Waals surface area contributed by atoms with E-state index in [4.69, 9.17) is 4.98 Å². The first-order valence-electron chi connectivity index (χ1n) is 19.1. The Morgan fingerprint density at radius 3 is 2.35 bits per heavy atom. The molecule has 3 aromatic carbocycles. The van der Waals surface area contributed by atoms with Crippen LogP contribution < -0.4 is 15.8 Å². The summed E-state index contributed by atoms with van der Waals surface area (Å²) in [6.07, 6.45) is 5.75. The summed E-state index contributed by atoms with van der Waals surface area (Å²) < 4.78 is 33.4. The molecule has 4 aliphatic rings. The molecule has 1 N–H and O–H groups in total. The first kappa shape index (κ1) is 36.3. The van der Waals surface area contributed by atoms with Crippen LogP contribution in [0.1, 0.15) is 103 Å². The maximum Gasteiger partial charge on any atom is 0.281 e. The molecule has 5 aromatic rings. The smallest absolute Gasteiger partial charge is 0.281 e. The summed E-state index contributed by atoms with van der Waals surface area (Å²) >= 11 is 5.30. The van der Waals surface area contributed by atoms with Crippen molar-refractivity contribution in [2.75, 3.05) is 31.1 Å². The van der Waals surface area contributed by atoms with E-state index in [1.54, 1.807) is 11.3 Å². The number of anilines is 1. The first-order chi connectivity index (χ1) is 26.5. The van der Waals surface area contributed by atoms with Crippen molar-refractivity contribution < 1.29 is 18.4 Å². The molecule has 13 heteroatoms. The molecule has 0 spiro atoms. The van der Waals surface area contributed by atoms with Gasteiger partial charge in [-0.1, -0.05) is 18.2 Å². The van der Waals surface area contributed by atoms with Crippen molar-refractivity contribution in [1.82, 2.24) is 24.8 Å². The van der Waals surface area contributed by atoms with Crippen molar-refractivity contribution in [3.05, 3.63) is 114 Å². The maximum absolute atomic E-state index is 15.2. The number of amides is 2. The molecule has 55 heavy (non-hydrogen) atoms. The monoisotopic (exact) mass is 826 g/mol. The van der Waals surface area contributed by atoms with Gasteiger partial charge in [-0.2, -0.15) is 4.98 Å². The number of likely N-dealkylation sites (tertiary alicyclic amines) is 1. The van der Waals surface area contributed by atoms with Crippen LogP contribution in [0.25, 0.3) is 16.6 Å². The number of fused-ring (bicyclic) bond motifs is 5. The van der Waals surface area contributed by atoms with E-state index in [9.17, 15) is 14.4 Å². The van der Waals surface area contributed by atoms with Crippen LogP contribution in [0.5, 0.6) is 0 Å². The number of rotatable bonds is 6. The van der Waals surface area contributed by atoms with E-state index >= 15 is 8.78 Å². The largest absolute Gasteiger partial charge is 0.348 e. The Morgan fingerprint density at radius 2 is 1.62 bits per heavy atom. The van der Waals surface area contributed by atoms with Crippen LogP contribution in [-0.4, -0.2) is 57.4 Å². The number of carbonyl (C=O) groups excluding carboxylic acids is 2. The van der Waals surface area contributed by atoms with E-state index in [0.717, 1.165) is 85.0 Å². The highest BCUT2D eigenvalue weighted by Gasteiger charge is 2.39. The van der Waals surface area contributed by atoms with Crippen LogP contribution in [0.3, 0.4) is 0 Å². The molecule has 1 atom stereocenters. The van der Waals surface area contributed by atoms with E-state index in [-0.39, 0.29) is 35.3 Å². The highest BCUT2D eigenvalue weighted by atomic mass is 79.9. The van der Waals surface area contributed by atoms with E-state index in [1.165, 1.54) is 28.1 Å². The van der Waals surface area contributed by atoms with Crippen LogP contribution in [0, 0.1) is 11.6 Å². The lowest BCUT2D eigenvalue weighted by atomic mass is 9.83. The van der Waals surface area contributed by atoms with Crippen molar-refractivity contribution in [2.24, 2.45) is 0 Å². The topological polar surface area (TPSA) is 100 Å². The number of halogens is 3. The van der Waals surface area contributed by atoms with Gasteiger partial charge in [0.15, 0.2) is 5.13 Å². The van der Waals surface area contributed by atoms with Crippen molar-refractivity contribution in [3.63, 3.8) is 0 Å². The Kier molecular flexibility index (Phi) is 9.24. The number of nitrogens with zero attached hydrogens (tertiary/aromatic N) is 5. The minimum atomic E-state index is -0.993. The normalized spacial score (nSPS) is 20.5. The van der Waals surface area contributed by atoms with E-state index in [0.29, 0.717) is 16.9 Å². The van der Waals surface area contributed by atoms with E-state index < -0.39 is 29.4 Å². The fourth-order valence-corrected chi connectivity index (χ4v) is 10.8. The Labute approximate surface area is 329 Å². The number of imide groups is 1. The third-order valence-corrected chi connectivity index (χ3v) is 14.0. The molecule has 1 unspecified atom stereocenters. The molecule has 2 amide bonds. The number of hydrogen-bond donors (Lipinski definition) is 1. The molecule has 0 saturated carbocycles. The Bertz CT molecular complexity index is 2410. The minimum absolute atomic E-state index is 0.00571. The van der Waals surface area contributed by atoms with Crippen LogP contribution in [0.15, 0.2) is 64.0 Å². The van der Waals surface area contributed by atoms with E-state index in [2.05, 4.69) is 72.6 Å². The van der Waals surface area contributed by atoms with Gasteiger partial charge in [0.25, 0.3) is 5.56 Å². The van der Waals surface area contributed by atoms with Crippen molar-refractivity contribution in [3.8, 4) is 5.69 Å². The summed E-state index contributed by atoms with van der Waals surface area (Å²) in [6.45, 7) is 8.59. The maximum atomic E-state index is 15.2. The van der Waals surface area contributed by atoms with Crippen LogP contribution in [-0.2, 0) is 21.5 Å². The number of hydrogen-bond acceptors (Lipinski definition) is 8. The fourth-order valence-electron chi connectivity index (χ4n) is 9.23.